The summed E-state index contributed by atoms with van der Waals surface area (Å²) in [6, 6.07) is 11.9. The number of nitrogens with one attached hydrogen (secondary N) is 1. The van der Waals surface area contributed by atoms with Crippen LogP contribution in [0.2, 0.25) is 0 Å². The van der Waals surface area contributed by atoms with Gasteiger partial charge in [-0.05, 0) is 42.0 Å². The van der Waals surface area contributed by atoms with E-state index in [1.54, 1.807) is 18.3 Å². The van der Waals surface area contributed by atoms with Crippen molar-refractivity contribution >= 4 is 5.91 Å². The third kappa shape index (κ3) is 4.81. The highest BCUT2D eigenvalue weighted by molar-refractivity contribution is 5.96. The molecule has 1 atom stereocenters. The molecule has 0 aliphatic rings. The van der Waals surface area contributed by atoms with Gasteiger partial charge in [-0.1, -0.05) is 52.0 Å². The molecule has 2 rings (SSSR count). The second-order valence-electron chi connectivity index (χ2n) is 6.81. The van der Waals surface area contributed by atoms with E-state index in [1.807, 2.05) is 6.92 Å². The molecule has 0 spiro atoms. The van der Waals surface area contributed by atoms with Crippen LogP contribution in [0.4, 0.5) is 0 Å². The van der Waals surface area contributed by atoms with Crippen LogP contribution in [0.15, 0.2) is 42.6 Å². The predicted molar refractivity (Wildman–Crippen MR) is 101 cm³/mol. The zero-order valence-electron chi connectivity index (χ0n) is 15.7. The number of pyridine rings is 1. The Labute approximate surface area is 150 Å². The summed E-state index contributed by atoms with van der Waals surface area (Å²) >= 11 is 0. The molecule has 4 nitrogen and oxygen atoms in total. The van der Waals surface area contributed by atoms with Crippen molar-refractivity contribution in [2.45, 2.75) is 46.6 Å². The van der Waals surface area contributed by atoms with Crippen LogP contribution >= 0.6 is 0 Å². The maximum atomic E-state index is 12.8. The van der Waals surface area contributed by atoms with Crippen molar-refractivity contribution in [2.24, 2.45) is 5.92 Å². The topological polar surface area (TPSA) is 51.2 Å². The van der Waals surface area contributed by atoms with Crippen molar-refractivity contribution in [3.63, 3.8) is 0 Å². The molecule has 1 aromatic carbocycles. The molecular weight excluding hydrogens is 312 g/mol. The van der Waals surface area contributed by atoms with E-state index in [-0.39, 0.29) is 17.9 Å². The van der Waals surface area contributed by atoms with E-state index in [0.717, 1.165) is 5.56 Å². The largest absolute Gasteiger partial charge is 0.477 e. The molecule has 0 aliphatic carbocycles. The lowest BCUT2D eigenvalue weighted by Gasteiger charge is -2.24. The van der Waals surface area contributed by atoms with Gasteiger partial charge in [0.05, 0.1) is 12.6 Å². The molecule has 0 saturated carbocycles. The Balaban J connectivity index is 2.23. The van der Waals surface area contributed by atoms with Crippen molar-refractivity contribution in [1.82, 2.24) is 10.3 Å². The number of carbonyl (C=O) groups is 1. The first-order valence-corrected chi connectivity index (χ1v) is 8.92. The van der Waals surface area contributed by atoms with Gasteiger partial charge in [-0.15, -0.1) is 0 Å². The summed E-state index contributed by atoms with van der Waals surface area (Å²) in [5.74, 6) is 0.967. The standard InChI is InChI=1S/C21H28N2O2/c1-6-25-21-18(8-7-13-22-21)20(24)23-19(15(4)5)17-11-9-16(10-12-17)14(2)3/h7-15,19H,6H2,1-5H3,(H,23,24)/t19-/m1/s1. The summed E-state index contributed by atoms with van der Waals surface area (Å²) in [6.07, 6.45) is 1.63. The highest BCUT2D eigenvalue weighted by atomic mass is 16.5. The van der Waals surface area contributed by atoms with Gasteiger partial charge in [0.2, 0.25) is 5.88 Å². The van der Waals surface area contributed by atoms with Crippen LogP contribution in [-0.2, 0) is 0 Å². The zero-order valence-corrected chi connectivity index (χ0v) is 15.7. The summed E-state index contributed by atoms with van der Waals surface area (Å²) in [7, 11) is 0. The minimum absolute atomic E-state index is 0.0663. The van der Waals surface area contributed by atoms with Gasteiger partial charge in [-0.3, -0.25) is 4.79 Å². The average molecular weight is 340 g/mol. The Morgan fingerprint density at radius 1 is 1.08 bits per heavy atom. The van der Waals surface area contributed by atoms with Gasteiger partial charge in [0.25, 0.3) is 5.91 Å². The fraction of sp³-hybridized carbons (Fsp3) is 0.429. The van der Waals surface area contributed by atoms with Gasteiger partial charge in [0.15, 0.2) is 0 Å². The van der Waals surface area contributed by atoms with E-state index in [9.17, 15) is 4.79 Å². The van der Waals surface area contributed by atoms with E-state index >= 15 is 0 Å². The van der Waals surface area contributed by atoms with Gasteiger partial charge < -0.3 is 10.1 Å². The fourth-order valence-electron chi connectivity index (χ4n) is 2.76. The van der Waals surface area contributed by atoms with E-state index in [0.29, 0.717) is 24.0 Å². The number of aromatic nitrogens is 1. The number of hydrogen-bond donors (Lipinski definition) is 1. The van der Waals surface area contributed by atoms with Crippen LogP contribution < -0.4 is 10.1 Å². The summed E-state index contributed by atoms with van der Waals surface area (Å²) in [5, 5.41) is 3.14. The van der Waals surface area contributed by atoms with Crippen LogP contribution in [0.3, 0.4) is 0 Å². The molecule has 1 amide bonds. The van der Waals surface area contributed by atoms with Crippen LogP contribution in [-0.4, -0.2) is 17.5 Å². The highest BCUT2D eigenvalue weighted by Gasteiger charge is 2.21. The molecule has 0 fully saturated rings. The Bertz CT molecular complexity index is 693. The zero-order chi connectivity index (χ0) is 18.4. The minimum Gasteiger partial charge on any atom is -0.477 e. The first kappa shape index (κ1) is 19.0. The Morgan fingerprint density at radius 2 is 1.72 bits per heavy atom. The molecule has 4 heteroatoms. The van der Waals surface area contributed by atoms with Crippen LogP contribution in [0.1, 0.15) is 68.1 Å². The average Bonchev–Trinajstić information content (AvgIpc) is 2.60. The molecule has 0 bridgehead atoms. The smallest absolute Gasteiger partial charge is 0.257 e. The number of carbonyl (C=O) groups excluding carboxylic acids is 1. The molecule has 134 valence electrons. The number of hydrogen-bond acceptors (Lipinski definition) is 3. The number of amides is 1. The summed E-state index contributed by atoms with van der Waals surface area (Å²) in [5.41, 5.74) is 2.87. The van der Waals surface area contributed by atoms with E-state index in [2.05, 4.69) is 62.3 Å². The first-order valence-electron chi connectivity index (χ1n) is 8.92. The molecule has 25 heavy (non-hydrogen) atoms. The molecule has 0 saturated heterocycles. The third-order valence-corrected chi connectivity index (χ3v) is 4.21. The summed E-state index contributed by atoms with van der Waals surface area (Å²) in [4.78, 5) is 16.9. The second kappa shape index (κ2) is 8.65. The van der Waals surface area contributed by atoms with Crippen LogP contribution in [0.5, 0.6) is 5.88 Å². The quantitative estimate of drug-likeness (QED) is 0.792. The second-order valence-corrected chi connectivity index (χ2v) is 6.81. The third-order valence-electron chi connectivity index (χ3n) is 4.21. The number of benzene rings is 1. The maximum Gasteiger partial charge on any atom is 0.257 e. The molecule has 0 aliphatic heterocycles. The number of ether oxygens (including phenoxy) is 1. The molecule has 2 aromatic rings. The summed E-state index contributed by atoms with van der Waals surface area (Å²) < 4.78 is 5.48. The van der Waals surface area contributed by atoms with E-state index < -0.39 is 0 Å². The predicted octanol–water partition coefficient (Wildman–Crippen LogP) is 4.73. The van der Waals surface area contributed by atoms with Crippen LogP contribution in [0.25, 0.3) is 0 Å². The molecule has 0 unspecified atom stereocenters. The number of nitrogens with zero attached hydrogens (tertiary/aromatic N) is 1. The van der Waals surface area contributed by atoms with Crippen LogP contribution in [0, 0.1) is 5.92 Å². The van der Waals surface area contributed by atoms with E-state index in [1.165, 1.54) is 5.56 Å². The van der Waals surface area contributed by atoms with Gasteiger partial charge >= 0.3 is 0 Å². The van der Waals surface area contributed by atoms with Gasteiger partial charge in [-0.2, -0.15) is 0 Å². The molecule has 1 N–H and O–H groups in total. The van der Waals surface area contributed by atoms with Crippen molar-refractivity contribution in [3.05, 3.63) is 59.3 Å². The normalized spacial score (nSPS) is 12.3. The number of rotatable bonds is 7. The summed E-state index contributed by atoms with van der Waals surface area (Å²) in [6.45, 7) is 10.9. The van der Waals surface area contributed by atoms with Crippen molar-refractivity contribution in [3.8, 4) is 5.88 Å². The van der Waals surface area contributed by atoms with Crippen molar-refractivity contribution in [1.29, 1.82) is 0 Å². The first-order chi connectivity index (χ1) is 11.9. The lowest BCUT2D eigenvalue weighted by Crippen LogP contribution is -2.32. The fourth-order valence-corrected chi connectivity index (χ4v) is 2.76. The Morgan fingerprint density at radius 3 is 2.28 bits per heavy atom. The lowest BCUT2D eigenvalue weighted by atomic mass is 9.93. The highest BCUT2D eigenvalue weighted by Crippen LogP contribution is 2.25. The van der Waals surface area contributed by atoms with Gasteiger partial charge in [0, 0.05) is 6.20 Å². The Hall–Kier alpha value is -2.36. The Kier molecular flexibility index (Phi) is 6.57. The minimum atomic E-state index is -0.164. The van der Waals surface area contributed by atoms with Crippen molar-refractivity contribution < 1.29 is 9.53 Å². The maximum absolute atomic E-state index is 12.8. The monoisotopic (exact) mass is 340 g/mol. The molecular formula is C21H28N2O2. The molecule has 1 heterocycles. The van der Waals surface area contributed by atoms with E-state index in [4.69, 9.17) is 4.74 Å². The van der Waals surface area contributed by atoms with Crippen molar-refractivity contribution in [2.75, 3.05) is 6.61 Å². The van der Waals surface area contributed by atoms with Gasteiger partial charge in [-0.25, -0.2) is 4.98 Å². The molecule has 0 radical (unpaired) electrons. The molecule has 1 aromatic heterocycles. The lowest BCUT2D eigenvalue weighted by molar-refractivity contribution is 0.0921. The van der Waals surface area contributed by atoms with Gasteiger partial charge in [0.1, 0.15) is 5.56 Å². The SMILES string of the molecule is CCOc1ncccc1C(=O)N[C@@H](c1ccc(C(C)C)cc1)C(C)C.